The quantitative estimate of drug-likeness (QED) is 0.862. The topological polar surface area (TPSA) is 75.1 Å². The molecular formula is C15H15N3O2. The fourth-order valence-electron chi connectivity index (χ4n) is 2.58. The maximum Gasteiger partial charge on any atom is 0.339 e. The van der Waals surface area contributed by atoms with Crippen LogP contribution in [0.3, 0.4) is 0 Å². The highest BCUT2D eigenvalue weighted by molar-refractivity contribution is 5.88. The first-order chi connectivity index (χ1) is 9.75. The lowest BCUT2D eigenvalue weighted by Gasteiger charge is -2.30. The first kappa shape index (κ1) is 12.7. The third-order valence-electron chi connectivity index (χ3n) is 3.67. The van der Waals surface area contributed by atoms with Gasteiger partial charge in [-0.05, 0) is 17.5 Å². The molecule has 5 heteroatoms. The number of nitrogens with zero attached hydrogens (tertiary/aromatic N) is 2. The van der Waals surface area contributed by atoms with Gasteiger partial charge in [-0.25, -0.2) is 14.8 Å². The minimum atomic E-state index is -0.989. The summed E-state index contributed by atoms with van der Waals surface area (Å²) in [6.07, 6.45) is 3.80. The zero-order valence-corrected chi connectivity index (χ0v) is 10.9. The van der Waals surface area contributed by atoms with E-state index >= 15 is 0 Å². The predicted octanol–water partition coefficient (Wildman–Crippen LogP) is 1.60. The van der Waals surface area contributed by atoms with Gasteiger partial charge in [0.05, 0.1) is 5.69 Å². The SMILES string of the molecule is O=C(O)c1cncnc1CNCC1Cc2ccccc21. The van der Waals surface area contributed by atoms with E-state index < -0.39 is 5.97 Å². The lowest BCUT2D eigenvalue weighted by Crippen LogP contribution is -2.29. The van der Waals surface area contributed by atoms with Crippen LogP contribution in [-0.2, 0) is 13.0 Å². The number of nitrogens with one attached hydrogen (secondary N) is 1. The third kappa shape index (κ3) is 2.40. The van der Waals surface area contributed by atoms with E-state index in [4.69, 9.17) is 5.11 Å². The molecule has 5 nitrogen and oxygen atoms in total. The molecule has 1 unspecified atom stereocenters. The molecule has 20 heavy (non-hydrogen) atoms. The van der Waals surface area contributed by atoms with Crippen LogP contribution in [0.2, 0.25) is 0 Å². The summed E-state index contributed by atoms with van der Waals surface area (Å²) >= 11 is 0. The van der Waals surface area contributed by atoms with Crippen molar-refractivity contribution >= 4 is 5.97 Å². The Morgan fingerprint density at radius 3 is 3.05 bits per heavy atom. The lowest BCUT2D eigenvalue weighted by atomic mass is 9.77. The largest absolute Gasteiger partial charge is 0.478 e. The number of benzene rings is 1. The number of fused-ring (bicyclic) bond motifs is 1. The highest BCUT2D eigenvalue weighted by atomic mass is 16.4. The first-order valence-corrected chi connectivity index (χ1v) is 6.56. The standard InChI is InChI=1S/C15H15N3O2/c19-15(20)13-7-17-9-18-14(13)8-16-6-11-5-10-3-1-2-4-12(10)11/h1-4,7,9,11,16H,5-6,8H2,(H,19,20). The molecule has 0 radical (unpaired) electrons. The molecule has 1 aliphatic rings. The molecule has 1 aromatic carbocycles. The van der Waals surface area contributed by atoms with Crippen LogP contribution in [0.25, 0.3) is 0 Å². The molecule has 0 bridgehead atoms. The van der Waals surface area contributed by atoms with Gasteiger partial charge in [0.2, 0.25) is 0 Å². The normalized spacial score (nSPS) is 16.3. The van der Waals surface area contributed by atoms with Crippen LogP contribution in [0, 0.1) is 0 Å². The Bertz CT molecular complexity index is 643. The number of hydrogen-bond donors (Lipinski definition) is 2. The summed E-state index contributed by atoms with van der Waals surface area (Å²) in [6, 6.07) is 8.41. The Labute approximate surface area is 116 Å². The van der Waals surface area contributed by atoms with E-state index in [1.54, 1.807) is 0 Å². The van der Waals surface area contributed by atoms with Gasteiger partial charge in [-0.1, -0.05) is 24.3 Å². The molecule has 0 saturated heterocycles. The molecule has 0 amide bonds. The molecule has 1 heterocycles. The number of aromatic carboxylic acids is 1. The van der Waals surface area contributed by atoms with Crippen molar-refractivity contribution in [1.29, 1.82) is 0 Å². The van der Waals surface area contributed by atoms with E-state index in [-0.39, 0.29) is 5.56 Å². The zero-order valence-electron chi connectivity index (χ0n) is 10.9. The molecule has 1 atom stereocenters. The second-order valence-electron chi connectivity index (χ2n) is 4.92. The number of aromatic nitrogens is 2. The predicted molar refractivity (Wildman–Crippen MR) is 73.6 cm³/mol. The summed E-state index contributed by atoms with van der Waals surface area (Å²) in [7, 11) is 0. The molecule has 1 aromatic heterocycles. The summed E-state index contributed by atoms with van der Waals surface area (Å²) in [5, 5.41) is 12.3. The molecule has 0 aliphatic heterocycles. The van der Waals surface area contributed by atoms with Gasteiger partial charge >= 0.3 is 5.97 Å². The highest BCUT2D eigenvalue weighted by Crippen LogP contribution is 2.33. The van der Waals surface area contributed by atoms with Gasteiger partial charge in [0, 0.05) is 25.2 Å². The van der Waals surface area contributed by atoms with Gasteiger partial charge in [-0.15, -0.1) is 0 Å². The van der Waals surface area contributed by atoms with Crippen LogP contribution < -0.4 is 5.32 Å². The molecule has 0 saturated carbocycles. The van der Waals surface area contributed by atoms with Crippen molar-refractivity contribution in [3.05, 3.63) is 59.2 Å². The molecule has 0 fully saturated rings. The van der Waals surface area contributed by atoms with Crippen molar-refractivity contribution in [3.8, 4) is 0 Å². The van der Waals surface area contributed by atoms with Crippen molar-refractivity contribution in [2.24, 2.45) is 0 Å². The van der Waals surface area contributed by atoms with Crippen molar-refractivity contribution in [1.82, 2.24) is 15.3 Å². The van der Waals surface area contributed by atoms with Crippen LogP contribution in [0.4, 0.5) is 0 Å². The summed E-state index contributed by atoms with van der Waals surface area (Å²) in [4.78, 5) is 18.8. The fourth-order valence-corrected chi connectivity index (χ4v) is 2.58. The van der Waals surface area contributed by atoms with Gasteiger partial charge < -0.3 is 10.4 Å². The van der Waals surface area contributed by atoms with E-state index in [0.717, 1.165) is 13.0 Å². The van der Waals surface area contributed by atoms with E-state index in [1.165, 1.54) is 23.7 Å². The van der Waals surface area contributed by atoms with Gasteiger partial charge in [0.25, 0.3) is 0 Å². The summed E-state index contributed by atoms with van der Waals surface area (Å²) in [5.74, 6) is -0.474. The number of rotatable bonds is 5. The van der Waals surface area contributed by atoms with Crippen molar-refractivity contribution in [2.75, 3.05) is 6.54 Å². The van der Waals surface area contributed by atoms with E-state index in [1.807, 2.05) is 0 Å². The van der Waals surface area contributed by atoms with E-state index in [0.29, 0.717) is 18.2 Å². The smallest absolute Gasteiger partial charge is 0.339 e. The number of carboxylic acid groups (broad SMARTS) is 1. The Balaban J connectivity index is 1.58. The van der Waals surface area contributed by atoms with Crippen LogP contribution >= 0.6 is 0 Å². The van der Waals surface area contributed by atoms with Gasteiger partial charge in [0.15, 0.2) is 0 Å². The monoisotopic (exact) mass is 269 g/mol. The number of carbonyl (C=O) groups is 1. The van der Waals surface area contributed by atoms with Crippen molar-refractivity contribution < 1.29 is 9.90 Å². The average molecular weight is 269 g/mol. The van der Waals surface area contributed by atoms with Crippen molar-refractivity contribution in [3.63, 3.8) is 0 Å². The van der Waals surface area contributed by atoms with Gasteiger partial charge in [0.1, 0.15) is 11.9 Å². The molecule has 2 N–H and O–H groups in total. The minimum absolute atomic E-state index is 0.161. The Morgan fingerprint density at radius 1 is 1.40 bits per heavy atom. The number of carboxylic acids is 1. The molecule has 1 aliphatic carbocycles. The second-order valence-corrected chi connectivity index (χ2v) is 4.92. The molecule has 102 valence electrons. The second kappa shape index (κ2) is 5.38. The fraction of sp³-hybridized carbons (Fsp3) is 0.267. The summed E-state index contributed by atoms with van der Waals surface area (Å²) < 4.78 is 0. The maximum absolute atomic E-state index is 11.0. The number of hydrogen-bond acceptors (Lipinski definition) is 4. The Hall–Kier alpha value is -2.27. The molecule has 3 rings (SSSR count). The van der Waals surface area contributed by atoms with Crippen LogP contribution in [-0.4, -0.2) is 27.6 Å². The van der Waals surface area contributed by atoms with Crippen molar-refractivity contribution in [2.45, 2.75) is 18.9 Å². The molecule has 2 aromatic rings. The molecular weight excluding hydrogens is 254 g/mol. The van der Waals surface area contributed by atoms with E-state index in [2.05, 4.69) is 39.6 Å². The molecule has 0 spiro atoms. The van der Waals surface area contributed by atoms with Crippen LogP contribution in [0.1, 0.15) is 33.1 Å². The summed E-state index contributed by atoms with van der Waals surface area (Å²) in [6.45, 7) is 1.28. The van der Waals surface area contributed by atoms with Gasteiger partial charge in [-0.2, -0.15) is 0 Å². The zero-order chi connectivity index (χ0) is 13.9. The average Bonchev–Trinajstić information content (AvgIpc) is 2.44. The highest BCUT2D eigenvalue weighted by Gasteiger charge is 2.24. The van der Waals surface area contributed by atoms with Crippen LogP contribution in [0.15, 0.2) is 36.8 Å². The van der Waals surface area contributed by atoms with E-state index in [9.17, 15) is 4.79 Å². The summed E-state index contributed by atoms with van der Waals surface area (Å²) in [5.41, 5.74) is 3.49. The van der Waals surface area contributed by atoms with Crippen LogP contribution in [0.5, 0.6) is 0 Å². The minimum Gasteiger partial charge on any atom is -0.478 e. The van der Waals surface area contributed by atoms with Gasteiger partial charge in [-0.3, -0.25) is 0 Å². The maximum atomic E-state index is 11.0. The first-order valence-electron chi connectivity index (χ1n) is 6.56. The lowest BCUT2D eigenvalue weighted by molar-refractivity contribution is 0.0694. The Morgan fingerprint density at radius 2 is 2.25 bits per heavy atom. The third-order valence-corrected chi connectivity index (χ3v) is 3.67. The Kier molecular flexibility index (Phi) is 3.43.